The molecule has 5 nitrogen and oxygen atoms in total. The van der Waals surface area contributed by atoms with Gasteiger partial charge in [0.15, 0.2) is 0 Å². The van der Waals surface area contributed by atoms with Gasteiger partial charge in [-0.2, -0.15) is 0 Å². The number of anilines is 1. The number of aryl methyl sites for hydroxylation is 2. The lowest BCUT2D eigenvalue weighted by atomic mass is 9.88. The Bertz CT molecular complexity index is 1060. The molecule has 0 radical (unpaired) electrons. The molecule has 0 aromatic heterocycles. The van der Waals surface area contributed by atoms with E-state index in [1.165, 1.54) is 29.7 Å². The van der Waals surface area contributed by atoms with Gasteiger partial charge in [0.2, 0.25) is 0 Å². The number of benzene rings is 2. The highest BCUT2D eigenvalue weighted by molar-refractivity contribution is 7.53. The molecule has 0 unspecified atom stereocenters. The van der Waals surface area contributed by atoms with Crippen molar-refractivity contribution in [3.8, 4) is 5.75 Å². The van der Waals surface area contributed by atoms with Crippen LogP contribution in [0.25, 0.3) is 0 Å². The molecular weight excluding hydrogens is 505 g/mol. The van der Waals surface area contributed by atoms with Gasteiger partial charge in [-0.25, -0.2) is 0 Å². The summed E-state index contributed by atoms with van der Waals surface area (Å²) in [6.45, 7) is 18.6. The first-order chi connectivity index (χ1) is 18.5. The van der Waals surface area contributed by atoms with E-state index < -0.39 is 7.60 Å². The van der Waals surface area contributed by atoms with E-state index in [1.807, 2.05) is 26.0 Å². The van der Waals surface area contributed by atoms with Crippen molar-refractivity contribution in [3.05, 3.63) is 59.2 Å². The van der Waals surface area contributed by atoms with Gasteiger partial charge in [0.25, 0.3) is 0 Å². The Labute approximate surface area is 238 Å². The maximum Gasteiger partial charge on any atom is 0.331 e. The minimum absolute atomic E-state index is 0.0487. The Balaban J connectivity index is 1.53. The van der Waals surface area contributed by atoms with Crippen LogP contribution < -0.4 is 9.64 Å². The average molecular weight is 558 g/mol. The summed E-state index contributed by atoms with van der Waals surface area (Å²) >= 11 is 0. The summed E-state index contributed by atoms with van der Waals surface area (Å²) in [6.07, 6.45) is 6.27. The number of rotatable bonds is 14. The SMILES string of the molecule is CCOP(=O)(C[C@H](C)c1cccc(OCC2CCN(c3cc(C)ccc3CCCC(C)(C)C)CC2)c1)OCC. The lowest BCUT2D eigenvalue weighted by Crippen LogP contribution is -2.36. The van der Waals surface area contributed by atoms with Gasteiger partial charge >= 0.3 is 7.60 Å². The maximum absolute atomic E-state index is 13.0. The fourth-order valence-corrected chi connectivity index (χ4v) is 7.38. The molecule has 3 rings (SSSR count). The van der Waals surface area contributed by atoms with Crippen LogP contribution in [0.2, 0.25) is 0 Å². The second kappa shape index (κ2) is 14.7. The molecule has 2 aromatic carbocycles. The van der Waals surface area contributed by atoms with Crippen molar-refractivity contribution in [3.63, 3.8) is 0 Å². The van der Waals surface area contributed by atoms with E-state index in [0.717, 1.165) is 50.3 Å². The van der Waals surface area contributed by atoms with Crippen molar-refractivity contribution in [2.45, 2.75) is 86.5 Å². The fourth-order valence-electron chi connectivity index (χ4n) is 5.43. The molecule has 1 heterocycles. The zero-order valence-electron chi connectivity index (χ0n) is 25.5. The van der Waals surface area contributed by atoms with Crippen LogP contribution in [0.4, 0.5) is 5.69 Å². The van der Waals surface area contributed by atoms with Crippen LogP contribution in [0.15, 0.2) is 42.5 Å². The van der Waals surface area contributed by atoms with Gasteiger partial charge in [-0.15, -0.1) is 0 Å². The van der Waals surface area contributed by atoms with Gasteiger partial charge in [-0.1, -0.05) is 52.0 Å². The van der Waals surface area contributed by atoms with Crippen molar-refractivity contribution in [2.24, 2.45) is 11.3 Å². The molecular formula is C33H52NO4P. The van der Waals surface area contributed by atoms with Crippen molar-refractivity contribution >= 4 is 13.3 Å². The summed E-state index contributed by atoms with van der Waals surface area (Å²) in [5, 5.41) is 0. The first kappa shape index (κ1) is 31.7. The van der Waals surface area contributed by atoms with Crippen molar-refractivity contribution < 1.29 is 18.3 Å². The topological polar surface area (TPSA) is 48.0 Å². The minimum Gasteiger partial charge on any atom is -0.493 e. The predicted molar refractivity (Wildman–Crippen MR) is 165 cm³/mol. The lowest BCUT2D eigenvalue weighted by Gasteiger charge is -2.35. The van der Waals surface area contributed by atoms with Crippen molar-refractivity contribution in [2.75, 3.05) is 44.0 Å². The summed E-state index contributed by atoms with van der Waals surface area (Å²) in [5.74, 6) is 1.48. The zero-order valence-corrected chi connectivity index (χ0v) is 26.4. The van der Waals surface area contributed by atoms with Gasteiger partial charge < -0.3 is 18.7 Å². The Morgan fingerprint density at radius 3 is 2.36 bits per heavy atom. The number of piperidine rings is 1. The molecule has 1 saturated heterocycles. The number of ether oxygens (including phenoxy) is 1. The summed E-state index contributed by atoms with van der Waals surface area (Å²) in [4.78, 5) is 2.59. The molecule has 0 amide bonds. The van der Waals surface area contributed by atoms with Crippen LogP contribution in [0.5, 0.6) is 5.75 Å². The van der Waals surface area contributed by atoms with Gasteiger partial charge in [-0.05, 0) is 105 Å². The van der Waals surface area contributed by atoms with Crippen LogP contribution >= 0.6 is 7.60 Å². The molecule has 6 heteroatoms. The van der Waals surface area contributed by atoms with Crippen molar-refractivity contribution in [1.82, 2.24) is 0 Å². The smallest absolute Gasteiger partial charge is 0.331 e. The first-order valence-electron chi connectivity index (χ1n) is 15.0. The highest BCUT2D eigenvalue weighted by Crippen LogP contribution is 2.51. The van der Waals surface area contributed by atoms with Crippen molar-refractivity contribution in [1.29, 1.82) is 0 Å². The molecule has 39 heavy (non-hydrogen) atoms. The van der Waals surface area contributed by atoms with E-state index in [9.17, 15) is 4.57 Å². The van der Waals surface area contributed by atoms with Gasteiger partial charge in [0.1, 0.15) is 5.75 Å². The molecule has 218 valence electrons. The highest BCUT2D eigenvalue weighted by Gasteiger charge is 2.27. The lowest BCUT2D eigenvalue weighted by molar-refractivity contribution is 0.218. The Kier molecular flexibility index (Phi) is 12.0. The third-order valence-electron chi connectivity index (χ3n) is 7.63. The van der Waals surface area contributed by atoms with E-state index in [1.54, 1.807) is 0 Å². The highest BCUT2D eigenvalue weighted by atomic mass is 31.2. The predicted octanol–water partition coefficient (Wildman–Crippen LogP) is 9.03. The normalized spacial score (nSPS) is 15.9. The van der Waals surface area contributed by atoms with Crippen LogP contribution in [0.1, 0.15) is 89.8 Å². The molecule has 0 bridgehead atoms. The van der Waals surface area contributed by atoms with Crippen LogP contribution in [0.3, 0.4) is 0 Å². The summed E-state index contributed by atoms with van der Waals surface area (Å²) in [5.41, 5.74) is 5.74. The molecule has 0 N–H and O–H groups in total. The largest absolute Gasteiger partial charge is 0.493 e. The second-order valence-electron chi connectivity index (χ2n) is 12.4. The first-order valence-corrected chi connectivity index (χ1v) is 16.7. The molecule has 0 saturated carbocycles. The number of nitrogens with zero attached hydrogens (tertiary/aromatic N) is 1. The Hall–Kier alpha value is -1.81. The standard InChI is InChI=1S/C33H52NO4P/c1-8-37-39(35,38-9-2)25-27(4)30-12-10-14-31(23-30)36-24-28-17-20-34(21-18-28)32-22-26(3)15-16-29(32)13-11-19-33(5,6)7/h10,12,14-16,22-23,27-28H,8-9,11,13,17-21,24-25H2,1-7H3/t27-/m0/s1. The minimum atomic E-state index is -3.09. The third kappa shape index (κ3) is 10.3. The molecule has 0 spiro atoms. The summed E-state index contributed by atoms with van der Waals surface area (Å²) < 4.78 is 30.3. The number of hydrogen-bond acceptors (Lipinski definition) is 5. The molecule has 2 aromatic rings. The van der Waals surface area contributed by atoms with E-state index in [2.05, 4.69) is 69.9 Å². The van der Waals surface area contributed by atoms with Crippen LogP contribution in [0, 0.1) is 18.3 Å². The van der Waals surface area contributed by atoms with Gasteiger partial charge in [0, 0.05) is 18.8 Å². The monoisotopic (exact) mass is 557 g/mol. The fraction of sp³-hybridized carbons (Fsp3) is 0.636. The third-order valence-corrected chi connectivity index (χ3v) is 9.93. The molecule has 1 aliphatic rings. The second-order valence-corrected chi connectivity index (χ2v) is 14.5. The maximum atomic E-state index is 13.0. The number of hydrogen-bond donors (Lipinski definition) is 0. The molecule has 1 fully saturated rings. The average Bonchev–Trinajstić information content (AvgIpc) is 2.88. The quantitative estimate of drug-likeness (QED) is 0.217. The van der Waals surface area contributed by atoms with E-state index in [4.69, 9.17) is 13.8 Å². The van der Waals surface area contributed by atoms with E-state index in [-0.39, 0.29) is 5.92 Å². The zero-order chi connectivity index (χ0) is 28.5. The summed E-state index contributed by atoms with van der Waals surface area (Å²) in [7, 11) is -3.09. The summed E-state index contributed by atoms with van der Waals surface area (Å²) in [6, 6.07) is 15.2. The van der Waals surface area contributed by atoms with E-state index >= 15 is 0 Å². The van der Waals surface area contributed by atoms with Crippen LogP contribution in [-0.2, 0) is 20.0 Å². The van der Waals surface area contributed by atoms with Crippen LogP contribution in [-0.4, -0.2) is 39.1 Å². The van der Waals surface area contributed by atoms with E-state index in [0.29, 0.717) is 30.7 Å². The molecule has 1 atom stereocenters. The van der Waals surface area contributed by atoms with Gasteiger partial charge in [0.05, 0.1) is 26.0 Å². The Morgan fingerprint density at radius 1 is 1.03 bits per heavy atom. The molecule has 1 aliphatic heterocycles. The Morgan fingerprint density at radius 2 is 1.72 bits per heavy atom. The van der Waals surface area contributed by atoms with Gasteiger partial charge in [-0.3, -0.25) is 4.57 Å². The molecule has 0 aliphatic carbocycles.